The normalized spacial score (nSPS) is 13.5. The average molecular weight is 367 g/mol. The summed E-state index contributed by atoms with van der Waals surface area (Å²) in [7, 11) is -1.10. The first-order chi connectivity index (χ1) is 10.3. The van der Waals surface area contributed by atoms with E-state index in [9.17, 15) is 13.8 Å². The number of carbonyl (C=O) groups is 2. The van der Waals surface area contributed by atoms with Crippen molar-refractivity contribution in [2.45, 2.75) is 13.3 Å². The molecule has 0 fully saturated rings. The van der Waals surface area contributed by atoms with Crippen LogP contribution in [0.3, 0.4) is 0 Å². The van der Waals surface area contributed by atoms with Gasteiger partial charge in [-0.1, -0.05) is 30.1 Å². The summed E-state index contributed by atoms with van der Waals surface area (Å²) >= 11 is 12.1. The molecule has 0 saturated carbocycles. The Kier molecular flexibility index (Phi) is 7.32. The summed E-state index contributed by atoms with van der Waals surface area (Å²) in [6.45, 7) is 1.27. The lowest BCUT2D eigenvalue weighted by atomic mass is 9.97. The number of halogens is 2. The fourth-order valence-electron chi connectivity index (χ4n) is 1.86. The van der Waals surface area contributed by atoms with Gasteiger partial charge < -0.3 is 9.84 Å². The molecule has 1 aromatic rings. The van der Waals surface area contributed by atoms with Crippen LogP contribution in [0.1, 0.15) is 23.7 Å². The lowest BCUT2D eigenvalue weighted by molar-refractivity contribution is -0.139. The number of hydrogen-bond acceptors (Lipinski definition) is 4. The molecule has 5 nitrogen and oxygen atoms in total. The molecule has 1 aromatic carbocycles. The monoisotopic (exact) mass is 366 g/mol. The van der Waals surface area contributed by atoms with E-state index in [2.05, 4.69) is 0 Å². The van der Waals surface area contributed by atoms with Gasteiger partial charge in [-0.15, -0.1) is 0 Å². The van der Waals surface area contributed by atoms with Gasteiger partial charge in [0.1, 0.15) is 10.8 Å². The minimum atomic E-state index is -1.15. The van der Waals surface area contributed by atoms with Crippen LogP contribution in [-0.2, 0) is 15.6 Å². The summed E-state index contributed by atoms with van der Waals surface area (Å²) < 4.78 is 16.3. The third-order valence-electron chi connectivity index (χ3n) is 2.96. The van der Waals surface area contributed by atoms with Crippen LogP contribution in [0.2, 0.25) is 10.0 Å². The lowest BCUT2D eigenvalue weighted by Gasteiger charge is -2.15. The molecule has 0 bridgehead atoms. The first kappa shape index (κ1) is 18.9. The highest BCUT2D eigenvalue weighted by atomic mass is 35.5. The standard InChI is InChI=1S/C14H16Cl2O5S/c1-3-8(7-22(2)20)14(19)9-4-5-10(13(16)12(9)15)21-6-11(17)18/h4-5,8H,3,6-7H2,1-2H3,(H,17,18). The molecule has 0 heterocycles. The Labute approximate surface area is 141 Å². The molecular weight excluding hydrogens is 351 g/mol. The zero-order valence-corrected chi connectivity index (χ0v) is 14.4. The molecule has 0 aliphatic heterocycles. The number of carbonyl (C=O) groups excluding carboxylic acids is 1. The van der Waals surface area contributed by atoms with Gasteiger partial charge in [-0.25, -0.2) is 4.79 Å². The maximum absolute atomic E-state index is 12.4. The number of ketones is 1. The topological polar surface area (TPSA) is 80.7 Å². The Morgan fingerprint density at radius 1 is 1.32 bits per heavy atom. The largest absolute Gasteiger partial charge is 0.480 e. The molecule has 22 heavy (non-hydrogen) atoms. The summed E-state index contributed by atoms with van der Waals surface area (Å²) in [5, 5.41) is 8.58. The number of Topliss-reactive ketones (excluding diaryl/α,β-unsaturated/α-hetero) is 1. The number of rotatable bonds is 8. The number of carboxylic acid groups (broad SMARTS) is 1. The van der Waals surface area contributed by atoms with Gasteiger partial charge in [0.2, 0.25) is 0 Å². The van der Waals surface area contributed by atoms with E-state index in [1.165, 1.54) is 18.4 Å². The first-order valence-electron chi connectivity index (χ1n) is 6.44. The van der Waals surface area contributed by atoms with Crippen molar-refractivity contribution >= 4 is 45.8 Å². The molecule has 0 aromatic heterocycles. The van der Waals surface area contributed by atoms with Gasteiger partial charge in [0.15, 0.2) is 12.4 Å². The van der Waals surface area contributed by atoms with E-state index in [0.29, 0.717) is 6.42 Å². The Balaban J connectivity index is 3.05. The van der Waals surface area contributed by atoms with Crippen molar-refractivity contribution in [3.63, 3.8) is 0 Å². The smallest absolute Gasteiger partial charge is 0.341 e. The average Bonchev–Trinajstić information content (AvgIpc) is 2.45. The summed E-state index contributed by atoms with van der Waals surface area (Å²) in [5.74, 6) is -1.46. The van der Waals surface area contributed by atoms with E-state index in [1.807, 2.05) is 6.92 Å². The van der Waals surface area contributed by atoms with Crippen LogP contribution in [-0.4, -0.2) is 39.7 Å². The van der Waals surface area contributed by atoms with Crippen molar-refractivity contribution in [2.24, 2.45) is 5.92 Å². The van der Waals surface area contributed by atoms with Gasteiger partial charge in [-0.05, 0) is 18.6 Å². The number of ether oxygens (including phenoxy) is 1. The van der Waals surface area contributed by atoms with Gasteiger partial charge >= 0.3 is 5.97 Å². The maximum atomic E-state index is 12.4. The molecule has 0 aliphatic carbocycles. The third-order valence-corrected chi connectivity index (χ3v) is 4.70. The molecular formula is C14H16Cl2O5S. The van der Waals surface area contributed by atoms with Crippen LogP contribution in [0.15, 0.2) is 12.1 Å². The van der Waals surface area contributed by atoms with E-state index in [1.54, 1.807) is 0 Å². The Morgan fingerprint density at radius 2 is 1.95 bits per heavy atom. The first-order valence-corrected chi connectivity index (χ1v) is 8.93. The molecule has 8 heteroatoms. The van der Waals surface area contributed by atoms with Crippen LogP contribution < -0.4 is 4.74 Å². The fourth-order valence-corrected chi connectivity index (χ4v) is 3.28. The van der Waals surface area contributed by atoms with Crippen molar-refractivity contribution in [3.8, 4) is 5.75 Å². The van der Waals surface area contributed by atoms with Gasteiger partial charge in [-0.2, -0.15) is 0 Å². The van der Waals surface area contributed by atoms with Crippen molar-refractivity contribution < 1.29 is 23.6 Å². The predicted molar refractivity (Wildman–Crippen MR) is 86.6 cm³/mol. The van der Waals surface area contributed by atoms with Crippen LogP contribution in [0.5, 0.6) is 5.75 Å². The van der Waals surface area contributed by atoms with E-state index >= 15 is 0 Å². The van der Waals surface area contributed by atoms with Gasteiger partial charge in [0.05, 0.1) is 5.02 Å². The van der Waals surface area contributed by atoms with Crippen LogP contribution in [0.25, 0.3) is 0 Å². The van der Waals surface area contributed by atoms with Gasteiger partial charge in [0.25, 0.3) is 0 Å². The summed E-state index contributed by atoms with van der Waals surface area (Å²) in [5.41, 5.74) is 0.214. The molecule has 0 amide bonds. The summed E-state index contributed by atoms with van der Waals surface area (Å²) in [4.78, 5) is 22.9. The van der Waals surface area contributed by atoms with E-state index in [0.717, 1.165) is 0 Å². The van der Waals surface area contributed by atoms with Crippen molar-refractivity contribution in [3.05, 3.63) is 27.7 Å². The number of benzene rings is 1. The summed E-state index contributed by atoms with van der Waals surface area (Å²) in [6, 6.07) is 2.84. The van der Waals surface area contributed by atoms with Crippen molar-refractivity contribution in [1.82, 2.24) is 0 Å². The molecule has 0 spiro atoms. The highest BCUT2D eigenvalue weighted by Gasteiger charge is 2.24. The lowest BCUT2D eigenvalue weighted by Crippen LogP contribution is -2.21. The fraction of sp³-hybridized carbons (Fsp3) is 0.429. The molecule has 1 rings (SSSR count). The Hall–Kier alpha value is -1.11. The molecule has 1 N–H and O–H groups in total. The Bertz CT molecular complexity index is 603. The van der Waals surface area contributed by atoms with E-state index in [4.69, 9.17) is 33.0 Å². The van der Waals surface area contributed by atoms with Crippen molar-refractivity contribution in [1.29, 1.82) is 0 Å². The Morgan fingerprint density at radius 3 is 2.45 bits per heavy atom. The second-order valence-corrected chi connectivity index (χ2v) is 6.87. The highest BCUT2D eigenvalue weighted by molar-refractivity contribution is 7.84. The molecule has 2 atom stereocenters. The zero-order chi connectivity index (χ0) is 16.9. The zero-order valence-electron chi connectivity index (χ0n) is 12.1. The van der Waals surface area contributed by atoms with Crippen molar-refractivity contribution in [2.75, 3.05) is 18.6 Å². The van der Waals surface area contributed by atoms with Gasteiger partial charge in [0, 0.05) is 34.3 Å². The van der Waals surface area contributed by atoms with Crippen LogP contribution >= 0.6 is 23.2 Å². The van der Waals surface area contributed by atoms with Crippen LogP contribution in [0.4, 0.5) is 0 Å². The van der Waals surface area contributed by atoms with Crippen LogP contribution in [0, 0.1) is 5.92 Å². The number of carboxylic acids is 1. The second kappa shape index (κ2) is 8.50. The molecule has 0 radical (unpaired) electrons. The predicted octanol–water partition coefficient (Wildman–Crippen LogP) is 3.04. The highest BCUT2D eigenvalue weighted by Crippen LogP contribution is 2.36. The SMILES string of the molecule is CCC(CS(C)=O)C(=O)c1ccc(OCC(=O)O)c(Cl)c1Cl. The molecule has 122 valence electrons. The minimum absolute atomic E-state index is 0.00916. The minimum Gasteiger partial charge on any atom is -0.480 e. The van der Waals surface area contributed by atoms with E-state index in [-0.39, 0.29) is 32.9 Å². The second-order valence-electron chi connectivity index (χ2n) is 4.63. The maximum Gasteiger partial charge on any atom is 0.341 e. The molecule has 0 saturated heterocycles. The number of aliphatic carboxylic acids is 1. The third kappa shape index (κ3) is 4.97. The van der Waals surface area contributed by atoms with Gasteiger partial charge in [-0.3, -0.25) is 9.00 Å². The summed E-state index contributed by atoms with van der Waals surface area (Å²) in [6.07, 6.45) is 2.07. The number of hydrogen-bond donors (Lipinski definition) is 1. The quantitative estimate of drug-likeness (QED) is 0.715. The molecule has 2 unspecified atom stereocenters. The molecule has 0 aliphatic rings. The van der Waals surface area contributed by atoms with E-state index < -0.39 is 29.3 Å².